The van der Waals surface area contributed by atoms with Gasteiger partial charge in [-0.05, 0) is 62.2 Å². The van der Waals surface area contributed by atoms with Gasteiger partial charge in [0.15, 0.2) is 0 Å². The van der Waals surface area contributed by atoms with E-state index >= 15 is 0 Å². The van der Waals surface area contributed by atoms with E-state index in [1.165, 1.54) is 25.1 Å². The average Bonchev–Trinajstić information content (AvgIpc) is 2.50. The Morgan fingerprint density at radius 3 is 2.42 bits per heavy atom. The lowest BCUT2D eigenvalue weighted by atomic mass is 10.1. The summed E-state index contributed by atoms with van der Waals surface area (Å²) in [6, 6.07) is 10.4. The van der Waals surface area contributed by atoms with Crippen molar-refractivity contribution < 1.29 is 13.2 Å². The molecule has 0 radical (unpaired) electrons. The van der Waals surface area contributed by atoms with Crippen LogP contribution in [0.3, 0.4) is 0 Å². The Hall–Kier alpha value is -1.89. The van der Waals surface area contributed by atoms with Crippen LogP contribution >= 0.6 is 11.6 Å². The van der Waals surface area contributed by atoms with Gasteiger partial charge < -0.3 is 5.32 Å². The highest BCUT2D eigenvalue weighted by Gasteiger charge is 2.22. The minimum absolute atomic E-state index is 0.0147. The highest BCUT2D eigenvalue weighted by atomic mass is 35.5. The van der Waals surface area contributed by atoms with Gasteiger partial charge in [0.2, 0.25) is 15.9 Å². The molecule has 0 aromatic heterocycles. The first-order chi connectivity index (χ1) is 11.2. The molecule has 128 valence electrons. The van der Waals surface area contributed by atoms with Crippen molar-refractivity contribution in [2.75, 3.05) is 5.32 Å². The van der Waals surface area contributed by atoms with Crippen LogP contribution in [-0.2, 0) is 14.8 Å². The number of nitrogens with one attached hydrogen (secondary N) is 2. The molecule has 0 fully saturated rings. The summed E-state index contributed by atoms with van der Waals surface area (Å²) in [5.41, 5.74) is 2.78. The molecule has 0 aliphatic carbocycles. The normalized spacial score (nSPS) is 12.7. The molecule has 2 aromatic carbocycles. The summed E-state index contributed by atoms with van der Waals surface area (Å²) in [5.74, 6) is -0.441. The molecule has 5 nitrogen and oxygen atoms in total. The minimum atomic E-state index is -3.83. The van der Waals surface area contributed by atoms with Crippen LogP contribution in [0, 0.1) is 13.8 Å². The zero-order chi connectivity index (χ0) is 17.9. The second-order valence-electron chi connectivity index (χ2n) is 5.59. The zero-order valence-electron chi connectivity index (χ0n) is 13.6. The quantitative estimate of drug-likeness (QED) is 0.852. The maximum absolute atomic E-state index is 12.3. The van der Waals surface area contributed by atoms with E-state index in [-0.39, 0.29) is 4.90 Å². The van der Waals surface area contributed by atoms with Crippen LogP contribution in [0.5, 0.6) is 0 Å². The standard InChI is InChI=1S/C17H19ClN2O3S/c1-11-7-8-15(9-12(11)2)19-17(21)13(3)20-24(22,23)16-6-4-5-14(18)10-16/h4-10,13,20H,1-3H3,(H,19,21)/t13-/m0/s1. The van der Waals surface area contributed by atoms with Crippen molar-refractivity contribution in [3.05, 3.63) is 58.6 Å². The van der Waals surface area contributed by atoms with Gasteiger partial charge in [0, 0.05) is 10.7 Å². The highest BCUT2D eigenvalue weighted by molar-refractivity contribution is 7.89. The Bertz CT molecular complexity index is 866. The van der Waals surface area contributed by atoms with E-state index in [4.69, 9.17) is 11.6 Å². The Kier molecular flexibility index (Phi) is 5.64. The molecule has 1 amide bonds. The lowest BCUT2D eigenvalue weighted by Gasteiger charge is -2.15. The largest absolute Gasteiger partial charge is 0.325 e. The predicted molar refractivity (Wildman–Crippen MR) is 95.8 cm³/mol. The summed E-state index contributed by atoms with van der Waals surface area (Å²) in [7, 11) is -3.83. The van der Waals surface area contributed by atoms with Gasteiger partial charge >= 0.3 is 0 Å². The maximum atomic E-state index is 12.3. The molecule has 0 saturated carbocycles. The monoisotopic (exact) mass is 366 g/mol. The second kappa shape index (κ2) is 7.34. The summed E-state index contributed by atoms with van der Waals surface area (Å²) < 4.78 is 26.9. The van der Waals surface area contributed by atoms with E-state index in [2.05, 4.69) is 10.0 Å². The Labute approximate surface area is 147 Å². The third-order valence-corrected chi connectivity index (χ3v) is 5.38. The van der Waals surface area contributed by atoms with Gasteiger partial charge in [0.05, 0.1) is 10.9 Å². The van der Waals surface area contributed by atoms with Gasteiger partial charge in [-0.2, -0.15) is 4.72 Å². The van der Waals surface area contributed by atoms with Crippen LogP contribution in [0.4, 0.5) is 5.69 Å². The van der Waals surface area contributed by atoms with Gasteiger partial charge in [-0.3, -0.25) is 4.79 Å². The van der Waals surface area contributed by atoms with Crippen LogP contribution in [0.25, 0.3) is 0 Å². The molecule has 24 heavy (non-hydrogen) atoms. The molecule has 0 aliphatic rings. The summed E-state index contributed by atoms with van der Waals surface area (Å²) >= 11 is 5.81. The average molecular weight is 367 g/mol. The van der Waals surface area contributed by atoms with E-state index in [0.717, 1.165) is 11.1 Å². The van der Waals surface area contributed by atoms with Crippen molar-refractivity contribution in [2.45, 2.75) is 31.7 Å². The van der Waals surface area contributed by atoms with E-state index in [0.29, 0.717) is 10.7 Å². The van der Waals surface area contributed by atoms with Crippen molar-refractivity contribution in [3.8, 4) is 0 Å². The number of rotatable bonds is 5. The molecule has 0 bridgehead atoms. The molecule has 1 atom stereocenters. The lowest BCUT2D eigenvalue weighted by molar-refractivity contribution is -0.117. The topological polar surface area (TPSA) is 75.3 Å². The first-order valence-corrected chi connectivity index (χ1v) is 9.21. The van der Waals surface area contributed by atoms with Crippen molar-refractivity contribution in [1.82, 2.24) is 4.72 Å². The van der Waals surface area contributed by atoms with Crippen molar-refractivity contribution >= 4 is 33.2 Å². The fraction of sp³-hybridized carbons (Fsp3) is 0.235. The number of sulfonamides is 1. The van der Waals surface area contributed by atoms with Crippen molar-refractivity contribution in [1.29, 1.82) is 0 Å². The van der Waals surface area contributed by atoms with Gasteiger partial charge in [-0.15, -0.1) is 0 Å². The van der Waals surface area contributed by atoms with Crippen LogP contribution in [-0.4, -0.2) is 20.4 Å². The molecule has 2 rings (SSSR count). The van der Waals surface area contributed by atoms with Gasteiger partial charge in [0.1, 0.15) is 0 Å². The summed E-state index contributed by atoms with van der Waals surface area (Å²) in [4.78, 5) is 12.2. The van der Waals surface area contributed by atoms with Crippen molar-refractivity contribution in [2.24, 2.45) is 0 Å². The third-order valence-electron chi connectivity index (χ3n) is 3.61. The molecule has 0 saturated heterocycles. The Morgan fingerprint density at radius 2 is 1.79 bits per heavy atom. The summed E-state index contributed by atoms with van der Waals surface area (Å²) in [5, 5.41) is 3.01. The third kappa shape index (κ3) is 4.56. The molecule has 2 aromatic rings. The smallest absolute Gasteiger partial charge is 0.242 e. The minimum Gasteiger partial charge on any atom is -0.325 e. The number of amides is 1. The van der Waals surface area contributed by atoms with Crippen molar-refractivity contribution in [3.63, 3.8) is 0 Å². The summed E-state index contributed by atoms with van der Waals surface area (Å²) in [6.45, 7) is 5.40. The first kappa shape index (κ1) is 18.4. The molecular weight excluding hydrogens is 348 g/mol. The highest BCUT2D eigenvalue weighted by Crippen LogP contribution is 2.17. The Morgan fingerprint density at radius 1 is 1.08 bits per heavy atom. The SMILES string of the molecule is Cc1ccc(NC(=O)[C@H](C)NS(=O)(=O)c2cccc(Cl)c2)cc1C. The number of hydrogen-bond acceptors (Lipinski definition) is 3. The fourth-order valence-corrected chi connectivity index (χ4v) is 3.56. The number of anilines is 1. The van der Waals surface area contributed by atoms with Gasteiger partial charge in [-0.25, -0.2) is 8.42 Å². The fourth-order valence-electron chi connectivity index (χ4n) is 2.06. The predicted octanol–water partition coefficient (Wildman–Crippen LogP) is 3.26. The van der Waals surface area contributed by atoms with E-state index in [9.17, 15) is 13.2 Å². The molecule has 0 aliphatic heterocycles. The van der Waals surface area contributed by atoms with Gasteiger partial charge in [-0.1, -0.05) is 23.7 Å². The number of benzene rings is 2. The number of halogens is 1. The number of carbonyl (C=O) groups is 1. The van der Waals surface area contributed by atoms with Crippen LogP contribution in [0.2, 0.25) is 5.02 Å². The number of hydrogen-bond donors (Lipinski definition) is 2. The molecular formula is C17H19ClN2O3S. The van der Waals surface area contributed by atoms with Crippen LogP contribution in [0.1, 0.15) is 18.1 Å². The van der Waals surface area contributed by atoms with Crippen LogP contribution < -0.4 is 10.0 Å². The number of aryl methyl sites for hydroxylation is 2. The van der Waals surface area contributed by atoms with E-state index < -0.39 is 22.0 Å². The molecule has 0 spiro atoms. The van der Waals surface area contributed by atoms with E-state index in [1.807, 2.05) is 26.0 Å². The zero-order valence-corrected chi connectivity index (χ0v) is 15.2. The second-order valence-corrected chi connectivity index (χ2v) is 7.74. The number of carbonyl (C=O) groups excluding carboxylic acids is 1. The van der Waals surface area contributed by atoms with Crippen LogP contribution in [0.15, 0.2) is 47.4 Å². The lowest BCUT2D eigenvalue weighted by Crippen LogP contribution is -2.41. The molecule has 2 N–H and O–H groups in total. The molecule has 0 unspecified atom stereocenters. The van der Waals surface area contributed by atoms with Gasteiger partial charge in [0.25, 0.3) is 0 Å². The summed E-state index contributed by atoms with van der Waals surface area (Å²) in [6.07, 6.45) is 0. The van der Waals surface area contributed by atoms with E-state index in [1.54, 1.807) is 12.1 Å². The Balaban J connectivity index is 2.09. The molecule has 7 heteroatoms. The molecule has 0 heterocycles. The first-order valence-electron chi connectivity index (χ1n) is 7.35. The maximum Gasteiger partial charge on any atom is 0.242 e.